The van der Waals surface area contributed by atoms with Gasteiger partial charge in [0.25, 0.3) is 0 Å². The molecule has 0 aliphatic carbocycles. The van der Waals surface area contributed by atoms with Gasteiger partial charge in [-0.25, -0.2) is 4.39 Å². The summed E-state index contributed by atoms with van der Waals surface area (Å²) in [4.78, 5) is 3.02. The van der Waals surface area contributed by atoms with Crippen LogP contribution in [0, 0.1) is 12.7 Å². The van der Waals surface area contributed by atoms with E-state index in [4.69, 9.17) is 5.73 Å². The lowest BCUT2D eigenvalue weighted by Crippen LogP contribution is -1.86. The number of rotatable bonds is 0. The van der Waals surface area contributed by atoms with Gasteiger partial charge < -0.3 is 10.7 Å². The van der Waals surface area contributed by atoms with Gasteiger partial charge in [0.15, 0.2) is 0 Å². The highest BCUT2D eigenvalue weighted by Crippen LogP contribution is 2.22. The predicted octanol–water partition coefficient (Wildman–Crippen LogP) is 2.20. The molecule has 0 bridgehead atoms. The van der Waals surface area contributed by atoms with Crippen LogP contribution in [0.3, 0.4) is 0 Å². The van der Waals surface area contributed by atoms with Crippen molar-refractivity contribution >= 4 is 16.6 Å². The van der Waals surface area contributed by atoms with Crippen LogP contribution in [-0.2, 0) is 0 Å². The average molecular weight is 164 g/mol. The van der Waals surface area contributed by atoms with E-state index in [9.17, 15) is 4.39 Å². The van der Waals surface area contributed by atoms with E-state index in [0.717, 1.165) is 16.6 Å². The van der Waals surface area contributed by atoms with Crippen molar-refractivity contribution in [2.75, 3.05) is 5.73 Å². The van der Waals surface area contributed by atoms with E-state index >= 15 is 0 Å². The molecule has 0 radical (unpaired) electrons. The number of fused-ring (bicyclic) bond motifs is 1. The van der Waals surface area contributed by atoms with E-state index in [0.29, 0.717) is 5.69 Å². The first kappa shape index (κ1) is 7.16. The summed E-state index contributed by atoms with van der Waals surface area (Å²) in [5.74, 6) is -0.304. The molecule has 1 heterocycles. The second kappa shape index (κ2) is 2.24. The van der Waals surface area contributed by atoms with Crippen LogP contribution in [0.1, 0.15) is 5.69 Å². The van der Waals surface area contributed by atoms with Crippen LogP contribution < -0.4 is 5.73 Å². The summed E-state index contributed by atoms with van der Waals surface area (Å²) >= 11 is 0. The third kappa shape index (κ3) is 0.942. The average Bonchev–Trinajstić information content (AvgIpc) is 2.29. The summed E-state index contributed by atoms with van der Waals surface area (Å²) in [6.45, 7) is 1.91. The van der Waals surface area contributed by atoms with Crippen molar-refractivity contribution < 1.29 is 4.39 Å². The molecule has 0 aliphatic heterocycles. The molecular weight excluding hydrogens is 155 g/mol. The minimum Gasteiger partial charge on any atom is -0.398 e. The normalized spacial score (nSPS) is 10.8. The van der Waals surface area contributed by atoms with Crippen molar-refractivity contribution in [1.82, 2.24) is 4.98 Å². The Balaban J connectivity index is 2.88. The van der Waals surface area contributed by atoms with E-state index in [2.05, 4.69) is 4.98 Å². The highest BCUT2D eigenvalue weighted by atomic mass is 19.1. The van der Waals surface area contributed by atoms with Gasteiger partial charge in [0.1, 0.15) is 5.82 Å². The van der Waals surface area contributed by atoms with Crippen molar-refractivity contribution in [3.8, 4) is 0 Å². The fourth-order valence-corrected chi connectivity index (χ4v) is 1.37. The molecule has 1 aromatic heterocycles. The van der Waals surface area contributed by atoms with Crippen LogP contribution in [0.4, 0.5) is 10.1 Å². The molecule has 0 unspecified atom stereocenters. The minimum absolute atomic E-state index is 0.304. The van der Waals surface area contributed by atoms with Crippen molar-refractivity contribution in [3.63, 3.8) is 0 Å². The Morgan fingerprint density at radius 1 is 1.33 bits per heavy atom. The van der Waals surface area contributed by atoms with Crippen LogP contribution in [0.5, 0.6) is 0 Å². The van der Waals surface area contributed by atoms with E-state index in [-0.39, 0.29) is 5.82 Å². The van der Waals surface area contributed by atoms with Gasteiger partial charge in [0.05, 0.1) is 5.52 Å². The van der Waals surface area contributed by atoms with E-state index in [1.54, 1.807) is 0 Å². The fraction of sp³-hybridized carbons (Fsp3) is 0.111. The van der Waals surface area contributed by atoms with Crippen molar-refractivity contribution in [2.24, 2.45) is 0 Å². The number of H-pyrrole nitrogens is 1. The highest BCUT2D eigenvalue weighted by molar-refractivity contribution is 5.91. The molecule has 1 aromatic carbocycles. The first-order valence-corrected chi connectivity index (χ1v) is 3.71. The van der Waals surface area contributed by atoms with Crippen LogP contribution in [0.15, 0.2) is 18.2 Å². The van der Waals surface area contributed by atoms with Crippen molar-refractivity contribution in [3.05, 3.63) is 29.7 Å². The van der Waals surface area contributed by atoms with Gasteiger partial charge in [-0.15, -0.1) is 0 Å². The lowest BCUT2D eigenvalue weighted by molar-refractivity contribution is 0.630. The van der Waals surface area contributed by atoms with Gasteiger partial charge in [-0.1, -0.05) is 0 Å². The van der Waals surface area contributed by atoms with Crippen LogP contribution in [-0.4, -0.2) is 4.98 Å². The third-order valence-electron chi connectivity index (χ3n) is 1.87. The lowest BCUT2D eigenvalue weighted by Gasteiger charge is -1.95. The van der Waals surface area contributed by atoms with Crippen molar-refractivity contribution in [2.45, 2.75) is 6.92 Å². The number of aromatic nitrogens is 1. The fourth-order valence-electron chi connectivity index (χ4n) is 1.37. The lowest BCUT2D eigenvalue weighted by atomic mass is 10.2. The SMILES string of the molecule is Cc1cc2c(N)cc(F)cc2[nH]1. The molecule has 2 rings (SSSR count). The number of aryl methyl sites for hydroxylation is 1. The third-order valence-corrected chi connectivity index (χ3v) is 1.87. The minimum atomic E-state index is -0.304. The molecule has 0 saturated heterocycles. The largest absolute Gasteiger partial charge is 0.398 e. The molecule has 2 aromatic rings. The van der Waals surface area contributed by atoms with Gasteiger partial charge in [0.2, 0.25) is 0 Å². The molecular formula is C9H9FN2. The maximum Gasteiger partial charge on any atom is 0.127 e. The Labute approximate surface area is 69.2 Å². The summed E-state index contributed by atoms with van der Waals surface area (Å²) < 4.78 is 12.8. The molecule has 0 fully saturated rings. The second-order valence-corrected chi connectivity index (χ2v) is 2.91. The Kier molecular flexibility index (Phi) is 1.33. The summed E-state index contributed by atoms with van der Waals surface area (Å²) in [5, 5.41) is 0.883. The Bertz CT molecular complexity index is 431. The first-order valence-electron chi connectivity index (χ1n) is 3.71. The van der Waals surface area contributed by atoms with Crippen LogP contribution >= 0.6 is 0 Å². The molecule has 62 valence electrons. The summed E-state index contributed by atoms with van der Waals surface area (Å²) in [5.41, 5.74) is 7.83. The maximum absolute atomic E-state index is 12.8. The maximum atomic E-state index is 12.8. The number of aromatic amines is 1. The molecule has 0 spiro atoms. The quantitative estimate of drug-likeness (QED) is 0.576. The molecule has 12 heavy (non-hydrogen) atoms. The molecule has 0 aliphatic rings. The second-order valence-electron chi connectivity index (χ2n) is 2.91. The van der Waals surface area contributed by atoms with Gasteiger partial charge in [-0.2, -0.15) is 0 Å². The zero-order valence-electron chi connectivity index (χ0n) is 6.69. The number of nitrogen functional groups attached to an aromatic ring is 1. The number of hydrogen-bond donors (Lipinski definition) is 2. The molecule has 3 N–H and O–H groups in total. The zero-order valence-corrected chi connectivity index (χ0v) is 6.69. The van der Waals surface area contributed by atoms with Crippen molar-refractivity contribution in [1.29, 1.82) is 0 Å². The number of benzene rings is 1. The van der Waals surface area contributed by atoms with Gasteiger partial charge in [0, 0.05) is 16.8 Å². The molecule has 0 saturated carbocycles. The van der Waals surface area contributed by atoms with E-state index in [1.807, 2.05) is 13.0 Å². The van der Waals surface area contributed by atoms with Gasteiger partial charge >= 0.3 is 0 Å². The van der Waals surface area contributed by atoms with Gasteiger partial charge in [-0.05, 0) is 25.1 Å². The van der Waals surface area contributed by atoms with Crippen LogP contribution in [0.25, 0.3) is 10.9 Å². The standard InChI is InChI=1S/C9H9FN2/c1-5-2-7-8(11)3-6(10)4-9(7)12-5/h2-4,12H,11H2,1H3. The van der Waals surface area contributed by atoms with E-state index < -0.39 is 0 Å². The van der Waals surface area contributed by atoms with E-state index in [1.165, 1.54) is 12.1 Å². The number of nitrogens with one attached hydrogen (secondary N) is 1. The highest BCUT2D eigenvalue weighted by Gasteiger charge is 2.02. The Morgan fingerprint density at radius 2 is 2.08 bits per heavy atom. The zero-order chi connectivity index (χ0) is 8.72. The number of nitrogens with two attached hydrogens (primary N) is 1. The summed E-state index contributed by atoms with van der Waals surface area (Å²) in [7, 11) is 0. The topological polar surface area (TPSA) is 41.8 Å². The predicted molar refractivity (Wildman–Crippen MR) is 47.4 cm³/mol. The Hall–Kier alpha value is -1.51. The molecule has 0 atom stereocenters. The smallest absolute Gasteiger partial charge is 0.127 e. The molecule has 2 nitrogen and oxygen atoms in total. The number of hydrogen-bond acceptors (Lipinski definition) is 1. The summed E-state index contributed by atoms with van der Waals surface area (Å²) in [6, 6.07) is 4.68. The molecule has 0 amide bonds. The summed E-state index contributed by atoms with van der Waals surface area (Å²) in [6.07, 6.45) is 0. The molecule has 3 heteroatoms. The first-order chi connectivity index (χ1) is 5.66. The monoisotopic (exact) mass is 164 g/mol. The Morgan fingerprint density at radius 3 is 2.83 bits per heavy atom. The number of halogens is 1. The van der Waals surface area contributed by atoms with Crippen LogP contribution in [0.2, 0.25) is 0 Å². The van der Waals surface area contributed by atoms with Gasteiger partial charge in [-0.3, -0.25) is 0 Å². The number of anilines is 1.